The Bertz CT molecular complexity index is 741. The van der Waals surface area contributed by atoms with E-state index >= 15 is 0 Å². The Morgan fingerprint density at radius 3 is 2.16 bits per heavy atom. The van der Waals surface area contributed by atoms with Gasteiger partial charge in [0.1, 0.15) is 10.1 Å². The molecular formula is C17H18BrNO6. The fourth-order valence-corrected chi connectivity index (χ4v) is 1.92. The Morgan fingerprint density at radius 2 is 1.64 bits per heavy atom. The van der Waals surface area contributed by atoms with Crippen molar-refractivity contribution in [3.05, 3.63) is 42.0 Å². The maximum atomic E-state index is 11.8. The van der Waals surface area contributed by atoms with E-state index in [1.54, 1.807) is 38.1 Å². The average Bonchev–Trinajstić information content (AvgIpc) is 2.85. The van der Waals surface area contributed by atoms with Crippen molar-refractivity contribution in [2.24, 2.45) is 0 Å². The van der Waals surface area contributed by atoms with Crippen molar-refractivity contribution in [3.8, 4) is 17.5 Å². The van der Waals surface area contributed by atoms with Crippen LogP contribution >= 0.6 is 15.9 Å². The SMILES string of the molecule is CC(C)(Br)C(=O)Oc1ccc(CCC(=O)On2c(O)ccc2O)cc1. The van der Waals surface area contributed by atoms with Crippen LogP contribution in [-0.4, -0.2) is 31.2 Å². The minimum atomic E-state index is -0.773. The third kappa shape index (κ3) is 5.25. The maximum Gasteiger partial charge on any atom is 0.333 e. The number of carbonyl (C=O) groups excluding carboxylic acids is 2. The molecule has 0 amide bonds. The van der Waals surface area contributed by atoms with Crippen LogP contribution in [0.4, 0.5) is 0 Å². The first-order valence-electron chi connectivity index (χ1n) is 7.48. The number of aromatic nitrogens is 1. The van der Waals surface area contributed by atoms with Crippen molar-refractivity contribution in [2.45, 2.75) is 31.0 Å². The summed E-state index contributed by atoms with van der Waals surface area (Å²) in [6, 6.07) is 9.17. The van der Waals surface area contributed by atoms with E-state index in [9.17, 15) is 19.8 Å². The van der Waals surface area contributed by atoms with E-state index in [1.807, 2.05) is 0 Å². The van der Waals surface area contributed by atoms with Gasteiger partial charge in [-0.25, -0.2) is 4.79 Å². The molecule has 0 aliphatic heterocycles. The predicted octanol–water partition coefficient (Wildman–Crippen LogP) is 2.57. The molecule has 7 nitrogen and oxygen atoms in total. The molecule has 0 atom stereocenters. The first-order valence-corrected chi connectivity index (χ1v) is 8.27. The summed E-state index contributed by atoms with van der Waals surface area (Å²) in [5.41, 5.74) is 0.843. The number of nitrogens with zero attached hydrogens (tertiary/aromatic N) is 1. The van der Waals surface area contributed by atoms with Gasteiger partial charge in [0, 0.05) is 12.1 Å². The van der Waals surface area contributed by atoms with Crippen molar-refractivity contribution in [2.75, 3.05) is 0 Å². The highest BCUT2D eigenvalue weighted by Gasteiger charge is 2.26. The van der Waals surface area contributed by atoms with Gasteiger partial charge in [-0.3, -0.25) is 4.79 Å². The van der Waals surface area contributed by atoms with Crippen LogP contribution in [-0.2, 0) is 16.0 Å². The molecule has 2 N–H and O–H groups in total. The molecule has 134 valence electrons. The Morgan fingerprint density at radius 1 is 1.08 bits per heavy atom. The lowest BCUT2D eigenvalue weighted by Gasteiger charge is -2.14. The quantitative estimate of drug-likeness (QED) is 0.430. The number of rotatable bonds is 6. The van der Waals surface area contributed by atoms with E-state index in [4.69, 9.17) is 9.57 Å². The summed E-state index contributed by atoms with van der Waals surface area (Å²) in [5.74, 6) is -1.35. The monoisotopic (exact) mass is 411 g/mol. The predicted molar refractivity (Wildman–Crippen MR) is 92.8 cm³/mol. The van der Waals surface area contributed by atoms with Gasteiger partial charge in [0.05, 0.1) is 6.42 Å². The van der Waals surface area contributed by atoms with Crippen LogP contribution < -0.4 is 9.57 Å². The van der Waals surface area contributed by atoms with Gasteiger partial charge in [0.25, 0.3) is 0 Å². The molecule has 1 aromatic carbocycles. The molecule has 0 bridgehead atoms. The molecule has 1 aromatic heterocycles. The summed E-state index contributed by atoms with van der Waals surface area (Å²) in [7, 11) is 0. The summed E-state index contributed by atoms with van der Waals surface area (Å²) in [4.78, 5) is 28.4. The smallest absolute Gasteiger partial charge is 0.333 e. The van der Waals surface area contributed by atoms with E-state index in [0.29, 0.717) is 16.9 Å². The topological polar surface area (TPSA) is 98.0 Å². The molecule has 0 saturated heterocycles. The van der Waals surface area contributed by atoms with E-state index in [-0.39, 0.29) is 18.2 Å². The molecule has 0 aliphatic rings. The van der Waals surface area contributed by atoms with E-state index in [0.717, 1.165) is 5.56 Å². The first kappa shape index (κ1) is 18.9. The van der Waals surface area contributed by atoms with Gasteiger partial charge in [-0.05, 0) is 38.0 Å². The van der Waals surface area contributed by atoms with Crippen molar-refractivity contribution < 1.29 is 29.4 Å². The largest absolute Gasteiger partial charge is 0.492 e. The number of hydrogen-bond donors (Lipinski definition) is 2. The molecule has 2 aromatic rings. The number of alkyl halides is 1. The lowest BCUT2D eigenvalue weighted by Crippen LogP contribution is -2.29. The molecule has 0 aliphatic carbocycles. The van der Waals surface area contributed by atoms with Gasteiger partial charge < -0.3 is 19.8 Å². The molecule has 8 heteroatoms. The zero-order valence-electron chi connectivity index (χ0n) is 13.7. The van der Waals surface area contributed by atoms with Crippen LogP contribution in [0.5, 0.6) is 17.5 Å². The van der Waals surface area contributed by atoms with Gasteiger partial charge in [-0.15, -0.1) is 4.73 Å². The molecule has 0 radical (unpaired) electrons. The summed E-state index contributed by atoms with van der Waals surface area (Å²) in [6.07, 6.45) is 0.435. The van der Waals surface area contributed by atoms with Gasteiger partial charge in [-0.2, -0.15) is 0 Å². The number of carbonyl (C=O) groups is 2. The van der Waals surface area contributed by atoms with E-state index in [1.165, 1.54) is 12.1 Å². The summed E-state index contributed by atoms with van der Waals surface area (Å²) < 4.78 is 5.09. The fourth-order valence-electron chi connectivity index (χ4n) is 1.84. The zero-order valence-corrected chi connectivity index (χ0v) is 15.3. The number of benzene rings is 1. The van der Waals surface area contributed by atoms with E-state index in [2.05, 4.69) is 15.9 Å². The Hall–Kier alpha value is -2.48. The van der Waals surface area contributed by atoms with Crippen LogP contribution in [0.3, 0.4) is 0 Å². The average molecular weight is 412 g/mol. The second-order valence-electron chi connectivity index (χ2n) is 5.81. The highest BCUT2D eigenvalue weighted by Crippen LogP contribution is 2.21. The molecular weight excluding hydrogens is 394 g/mol. The zero-order chi connectivity index (χ0) is 18.6. The number of esters is 1. The Labute approximate surface area is 152 Å². The van der Waals surface area contributed by atoms with Crippen LogP contribution in [0.1, 0.15) is 25.8 Å². The highest BCUT2D eigenvalue weighted by atomic mass is 79.9. The highest BCUT2D eigenvalue weighted by molar-refractivity contribution is 9.10. The summed E-state index contributed by atoms with van der Waals surface area (Å²) >= 11 is 3.23. The van der Waals surface area contributed by atoms with E-state index < -0.39 is 16.3 Å². The fraction of sp³-hybridized carbons (Fsp3) is 0.294. The Balaban J connectivity index is 1.87. The minimum absolute atomic E-state index is 0.0463. The van der Waals surface area contributed by atoms with Crippen LogP contribution in [0.25, 0.3) is 0 Å². The third-order valence-electron chi connectivity index (χ3n) is 3.23. The lowest BCUT2D eigenvalue weighted by atomic mass is 10.1. The standard InChI is InChI=1S/C17H18BrNO6/c1-17(2,18)16(23)24-12-6-3-11(4-7-12)5-10-15(22)25-19-13(20)8-9-14(19)21/h3-4,6-9,20-21H,5,10H2,1-2H3. The van der Waals surface area contributed by atoms with Crippen molar-refractivity contribution >= 4 is 27.9 Å². The molecule has 2 rings (SSSR count). The molecule has 0 unspecified atom stereocenters. The maximum absolute atomic E-state index is 11.8. The lowest BCUT2D eigenvalue weighted by molar-refractivity contribution is -0.145. The van der Waals surface area contributed by atoms with Gasteiger partial charge >= 0.3 is 11.9 Å². The molecule has 25 heavy (non-hydrogen) atoms. The molecule has 0 fully saturated rings. The second kappa shape index (κ2) is 7.60. The third-order valence-corrected chi connectivity index (χ3v) is 3.55. The first-order chi connectivity index (χ1) is 11.7. The number of halogens is 1. The number of aromatic hydroxyl groups is 2. The van der Waals surface area contributed by atoms with Gasteiger partial charge in [-0.1, -0.05) is 28.1 Å². The number of hydrogen-bond acceptors (Lipinski definition) is 6. The normalized spacial score (nSPS) is 11.2. The van der Waals surface area contributed by atoms with Gasteiger partial charge in [0.2, 0.25) is 11.8 Å². The van der Waals surface area contributed by atoms with Crippen molar-refractivity contribution in [1.29, 1.82) is 0 Å². The van der Waals surface area contributed by atoms with Crippen LogP contribution in [0.15, 0.2) is 36.4 Å². The second-order valence-corrected chi connectivity index (χ2v) is 7.80. The van der Waals surface area contributed by atoms with Crippen molar-refractivity contribution in [1.82, 2.24) is 4.73 Å². The van der Waals surface area contributed by atoms with Crippen molar-refractivity contribution in [3.63, 3.8) is 0 Å². The van der Waals surface area contributed by atoms with Gasteiger partial charge in [0.15, 0.2) is 0 Å². The Kier molecular flexibility index (Phi) is 5.73. The molecule has 0 spiro atoms. The number of ether oxygens (including phenoxy) is 1. The summed E-state index contributed by atoms with van der Waals surface area (Å²) in [6.45, 7) is 3.38. The van der Waals surface area contributed by atoms with Crippen LogP contribution in [0.2, 0.25) is 0 Å². The molecule has 1 heterocycles. The minimum Gasteiger partial charge on any atom is -0.492 e. The molecule has 0 saturated carbocycles. The number of aryl methyl sites for hydroxylation is 1. The summed E-state index contributed by atoms with van der Waals surface area (Å²) in [5, 5.41) is 18.8. The van der Waals surface area contributed by atoms with Crippen LogP contribution in [0, 0.1) is 0 Å².